The predicted molar refractivity (Wildman–Crippen MR) is 163 cm³/mol. The third kappa shape index (κ3) is 4.02. The molecule has 8 rings (SSSR count). The fourth-order valence-corrected chi connectivity index (χ4v) is 7.05. The number of rotatable bonds is 5. The van der Waals surface area contributed by atoms with E-state index in [1.54, 1.807) is 43.3 Å². The average molecular weight is 602 g/mol. The van der Waals surface area contributed by atoms with Crippen LogP contribution in [0.5, 0.6) is 0 Å². The fourth-order valence-electron chi connectivity index (χ4n) is 7.05. The van der Waals surface area contributed by atoms with Crippen LogP contribution < -0.4 is 0 Å². The van der Waals surface area contributed by atoms with Gasteiger partial charge in [-0.25, -0.2) is 13.8 Å². The number of amides is 2. The molecule has 0 spiro atoms. The minimum absolute atomic E-state index is 0.204. The molecule has 6 aromatic rings. The molecule has 4 heterocycles. The quantitative estimate of drug-likeness (QED) is 0.224. The first-order chi connectivity index (χ1) is 21.7. The number of aromatic nitrogens is 4. The SMILES string of the molecule is C[C@]1(O)C[C@@](c2ccc(-c3nc4ccc5nnc(C(F)F)n5c4cc3-c3ccccc3)cc2)(N2C(=O)c3ccccc3C2=O)C1. The van der Waals surface area contributed by atoms with E-state index in [4.69, 9.17) is 4.98 Å². The van der Waals surface area contributed by atoms with Gasteiger partial charge in [-0.1, -0.05) is 66.7 Å². The van der Waals surface area contributed by atoms with Gasteiger partial charge in [-0.2, -0.15) is 0 Å². The Morgan fingerprint density at radius 1 is 0.778 bits per heavy atom. The van der Waals surface area contributed by atoms with Crippen LogP contribution in [0.1, 0.15) is 58.3 Å². The summed E-state index contributed by atoms with van der Waals surface area (Å²) in [5, 5.41) is 18.5. The summed E-state index contributed by atoms with van der Waals surface area (Å²) in [6, 6.07) is 29.0. The lowest BCUT2D eigenvalue weighted by Crippen LogP contribution is -2.63. The Kier molecular flexibility index (Phi) is 5.79. The minimum atomic E-state index is -2.82. The number of benzene rings is 3. The standard InChI is InChI=1S/C35H25F2N5O3/c1-34(45)18-35(19-34,42-32(43)23-9-5-6-10-24(23)33(42)44)22-13-11-21(12-14-22)29-25(20-7-3-2-4-8-20)17-27-26(38-29)15-16-28-39-40-31(30(36)37)41(27)28/h2-17,30,45H,18-19H2,1H3/t34-,35+. The number of nitrogens with zero attached hydrogens (tertiary/aromatic N) is 5. The molecule has 0 saturated heterocycles. The molecule has 222 valence electrons. The van der Waals surface area contributed by atoms with Gasteiger partial charge in [-0.15, -0.1) is 10.2 Å². The summed E-state index contributed by atoms with van der Waals surface area (Å²) in [4.78, 5) is 33.3. The zero-order valence-electron chi connectivity index (χ0n) is 24.0. The summed E-state index contributed by atoms with van der Waals surface area (Å²) in [6.07, 6.45) is -2.41. The third-order valence-corrected chi connectivity index (χ3v) is 8.92. The highest BCUT2D eigenvalue weighted by Crippen LogP contribution is 2.54. The lowest BCUT2D eigenvalue weighted by atomic mass is 9.61. The van der Waals surface area contributed by atoms with Gasteiger partial charge in [0.15, 0.2) is 5.65 Å². The van der Waals surface area contributed by atoms with Crippen LogP contribution in [0.3, 0.4) is 0 Å². The number of hydrogen-bond acceptors (Lipinski definition) is 6. The van der Waals surface area contributed by atoms with E-state index >= 15 is 0 Å². The number of halogens is 2. The maximum Gasteiger partial charge on any atom is 0.297 e. The molecule has 1 N–H and O–H groups in total. The van der Waals surface area contributed by atoms with E-state index in [2.05, 4.69) is 10.2 Å². The minimum Gasteiger partial charge on any atom is -0.390 e. The Morgan fingerprint density at radius 3 is 2.04 bits per heavy atom. The first-order valence-electron chi connectivity index (χ1n) is 14.5. The van der Waals surface area contributed by atoms with Crippen molar-refractivity contribution in [1.82, 2.24) is 24.5 Å². The first kappa shape index (κ1) is 27.2. The Morgan fingerprint density at radius 2 is 1.42 bits per heavy atom. The summed E-state index contributed by atoms with van der Waals surface area (Å²) in [5.74, 6) is -1.20. The van der Waals surface area contributed by atoms with Gasteiger partial charge in [0.05, 0.1) is 39.0 Å². The molecule has 3 aromatic carbocycles. The molecule has 0 unspecified atom stereocenters. The Balaban J connectivity index is 1.27. The van der Waals surface area contributed by atoms with E-state index < -0.39 is 23.4 Å². The number of aliphatic hydroxyl groups is 1. The monoisotopic (exact) mass is 601 g/mol. The number of carbonyl (C=O) groups excluding carboxylic acids is 2. The molecule has 1 fully saturated rings. The average Bonchev–Trinajstić information content (AvgIpc) is 3.59. The smallest absolute Gasteiger partial charge is 0.297 e. The second-order valence-electron chi connectivity index (χ2n) is 12.0. The van der Waals surface area contributed by atoms with Gasteiger partial charge in [0.2, 0.25) is 5.82 Å². The summed E-state index contributed by atoms with van der Waals surface area (Å²) < 4.78 is 29.1. The van der Waals surface area contributed by atoms with Crippen molar-refractivity contribution in [3.63, 3.8) is 0 Å². The lowest BCUT2D eigenvalue weighted by molar-refractivity contribution is -0.118. The molecule has 8 nitrogen and oxygen atoms in total. The molecule has 0 atom stereocenters. The zero-order chi connectivity index (χ0) is 31.1. The highest BCUT2D eigenvalue weighted by molar-refractivity contribution is 6.22. The molecule has 3 aromatic heterocycles. The van der Waals surface area contributed by atoms with Crippen LogP contribution in [0, 0.1) is 0 Å². The van der Waals surface area contributed by atoms with Crippen molar-refractivity contribution in [3.8, 4) is 22.4 Å². The largest absolute Gasteiger partial charge is 0.390 e. The first-order valence-corrected chi connectivity index (χ1v) is 14.5. The van der Waals surface area contributed by atoms with Crippen LogP contribution in [0.2, 0.25) is 0 Å². The molecule has 10 heteroatoms. The summed E-state index contributed by atoms with van der Waals surface area (Å²) >= 11 is 0. The molecule has 45 heavy (non-hydrogen) atoms. The van der Waals surface area contributed by atoms with Crippen LogP contribution in [0.15, 0.2) is 97.1 Å². The van der Waals surface area contributed by atoms with Crippen LogP contribution in [-0.2, 0) is 5.54 Å². The van der Waals surface area contributed by atoms with Crippen molar-refractivity contribution in [2.45, 2.75) is 37.3 Å². The number of imide groups is 1. The number of alkyl halides is 2. The Bertz CT molecular complexity index is 2130. The molecule has 0 radical (unpaired) electrons. The maximum absolute atomic E-state index is 13.9. The maximum atomic E-state index is 13.9. The topological polar surface area (TPSA) is 101 Å². The van der Waals surface area contributed by atoms with Gasteiger partial charge in [0, 0.05) is 24.0 Å². The fraction of sp³-hybridized carbons (Fsp3) is 0.171. The van der Waals surface area contributed by atoms with Crippen molar-refractivity contribution in [1.29, 1.82) is 0 Å². The normalized spacial score (nSPS) is 21.1. The Hall–Kier alpha value is -5.35. The van der Waals surface area contributed by atoms with E-state index in [1.807, 2.05) is 60.7 Å². The summed E-state index contributed by atoms with van der Waals surface area (Å²) in [5.41, 5.74) is 3.55. The predicted octanol–water partition coefficient (Wildman–Crippen LogP) is 6.59. The van der Waals surface area contributed by atoms with Crippen molar-refractivity contribution >= 4 is 28.5 Å². The van der Waals surface area contributed by atoms with Crippen molar-refractivity contribution in [2.24, 2.45) is 0 Å². The lowest BCUT2D eigenvalue weighted by Gasteiger charge is -2.55. The number of carbonyl (C=O) groups is 2. The van der Waals surface area contributed by atoms with Gasteiger partial charge >= 0.3 is 0 Å². The summed E-state index contributed by atoms with van der Waals surface area (Å²) in [7, 11) is 0. The molecule has 1 saturated carbocycles. The van der Waals surface area contributed by atoms with Crippen molar-refractivity contribution in [3.05, 3.63) is 120 Å². The van der Waals surface area contributed by atoms with Gasteiger partial charge in [0.25, 0.3) is 18.2 Å². The van der Waals surface area contributed by atoms with E-state index in [0.717, 1.165) is 22.3 Å². The molecule has 0 bridgehead atoms. The second kappa shape index (κ2) is 9.57. The number of fused-ring (bicyclic) bond motifs is 4. The van der Waals surface area contributed by atoms with Crippen LogP contribution >= 0.6 is 0 Å². The number of hydrogen-bond donors (Lipinski definition) is 1. The van der Waals surface area contributed by atoms with Crippen LogP contribution in [0.4, 0.5) is 8.78 Å². The third-order valence-electron chi connectivity index (χ3n) is 8.92. The summed E-state index contributed by atoms with van der Waals surface area (Å²) in [6.45, 7) is 1.70. The molecular weight excluding hydrogens is 576 g/mol. The van der Waals surface area contributed by atoms with E-state index in [0.29, 0.717) is 33.5 Å². The highest BCUT2D eigenvalue weighted by Gasteiger charge is 2.60. The highest BCUT2D eigenvalue weighted by atomic mass is 19.3. The van der Waals surface area contributed by atoms with E-state index in [9.17, 15) is 23.5 Å². The van der Waals surface area contributed by atoms with Crippen LogP contribution in [0.25, 0.3) is 39.1 Å². The molecule has 1 aliphatic heterocycles. The van der Waals surface area contributed by atoms with Crippen LogP contribution in [-0.4, -0.2) is 47.0 Å². The molecule has 2 aliphatic rings. The van der Waals surface area contributed by atoms with E-state index in [-0.39, 0.29) is 24.7 Å². The van der Waals surface area contributed by atoms with Gasteiger partial charge in [-0.05, 0) is 48.4 Å². The van der Waals surface area contributed by atoms with Gasteiger partial charge in [-0.3, -0.25) is 18.9 Å². The van der Waals surface area contributed by atoms with E-state index in [1.165, 1.54) is 9.30 Å². The van der Waals surface area contributed by atoms with Gasteiger partial charge < -0.3 is 5.11 Å². The molecular formula is C35H25F2N5O3. The van der Waals surface area contributed by atoms with Crippen molar-refractivity contribution < 1.29 is 23.5 Å². The van der Waals surface area contributed by atoms with Gasteiger partial charge in [0.1, 0.15) is 0 Å². The molecule has 2 amide bonds. The molecule has 1 aliphatic carbocycles. The number of pyridine rings is 2. The van der Waals surface area contributed by atoms with Crippen molar-refractivity contribution in [2.75, 3.05) is 0 Å². The zero-order valence-corrected chi connectivity index (χ0v) is 24.0. The second-order valence-corrected chi connectivity index (χ2v) is 12.0. The Labute approximate surface area is 255 Å².